The van der Waals surface area contributed by atoms with Gasteiger partial charge in [0.2, 0.25) is 5.91 Å². The van der Waals surface area contributed by atoms with Crippen molar-refractivity contribution in [2.75, 3.05) is 20.3 Å². The van der Waals surface area contributed by atoms with E-state index in [1.165, 1.54) is 11.1 Å². The van der Waals surface area contributed by atoms with Crippen molar-refractivity contribution in [3.63, 3.8) is 0 Å². The number of hydrogen-bond acceptors (Lipinski definition) is 3. The molecule has 2 atom stereocenters. The van der Waals surface area contributed by atoms with Gasteiger partial charge in [-0.2, -0.15) is 0 Å². The van der Waals surface area contributed by atoms with Gasteiger partial charge in [0.1, 0.15) is 6.17 Å². The van der Waals surface area contributed by atoms with Gasteiger partial charge >= 0.3 is 0 Å². The van der Waals surface area contributed by atoms with Gasteiger partial charge < -0.3 is 9.64 Å². The van der Waals surface area contributed by atoms with E-state index in [4.69, 9.17) is 4.74 Å². The second kappa shape index (κ2) is 7.57. The van der Waals surface area contributed by atoms with Crippen LogP contribution in [0.5, 0.6) is 0 Å². The maximum atomic E-state index is 12.5. The molecule has 0 aromatic heterocycles. The van der Waals surface area contributed by atoms with Crippen LogP contribution in [-0.4, -0.2) is 37.1 Å². The van der Waals surface area contributed by atoms with Crippen molar-refractivity contribution in [2.24, 2.45) is 0 Å². The summed E-state index contributed by atoms with van der Waals surface area (Å²) in [5.41, 5.74) is 2.40. The number of amides is 1. The van der Waals surface area contributed by atoms with Crippen LogP contribution in [0.3, 0.4) is 0 Å². The molecule has 1 N–H and O–H groups in total. The molecule has 1 fully saturated rings. The zero-order chi connectivity index (χ0) is 15.2. The van der Waals surface area contributed by atoms with Crippen molar-refractivity contribution in [2.45, 2.75) is 45.3 Å². The summed E-state index contributed by atoms with van der Waals surface area (Å²) in [5.74, 6) is 0.224. The molecule has 0 bridgehead atoms. The summed E-state index contributed by atoms with van der Waals surface area (Å²) in [6.07, 6.45) is 2.79. The lowest BCUT2D eigenvalue weighted by Crippen LogP contribution is -2.32. The number of ether oxygens (including phenoxy) is 1. The smallest absolute Gasteiger partial charge is 0.241 e. The highest BCUT2D eigenvalue weighted by Gasteiger charge is 2.37. The van der Waals surface area contributed by atoms with Gasteiger partial charge in [0, 0.05) is 20.3 Å². The first-order valence-electron chi connectivity index (χ1n) is 7.79. The first-order chi connectivity index (χ1) is 10.2. The molecule has 0 aliphatic carbocycles. The van der Waals surface area contributed by atoms with Gasteiger partial charge in [-0.1, -0.05) is 36.8 Å². The maximum absolute atomic E-state index is 12.5. The number of carbonyl (C=O) groups excluding carboxylic acids is 1. The molecule has 0 radical (unpaired) electrons. The fraction of sp³-hybridized carbons (Fsp3) is 0.588. The number of rotatable bonds is 7. The van der Waals surface area contributed by atoms with E-state index in [0.717, 1.165) is 32.4 Å². The Bertz CT molecular complexity index is 476. The van der Waals surface area contributed by atoms with Crippen LogP contribution in [0.15, 0.2) is 24.3 Å². The van der Waals surface area contributed by atoms with Gasteiger partial charge in [-0.3, -0.25) is 10.1 Å². The van der Waals surface area contributed by atoms with Crippen LogP contribution < -0.4 is 5.32 Å². The van der Waals surface area contributed by atoms with Crippen LogP contribution in [0.1, 0.15) is 43.5 Å². The number of nitrogens with one attached hydrogen (secondary N) is 1. The molecule has 4 nitrogen and oxygen atoms in total. The first kappa shape index (κ1) is 16.0. The van der Waals surface area contributed by atoms with Crippen LogP contribution in [0, 0.1) is 6.92 Å². The Kier molecular flexibility index (Phi) is 5.76. The van der Waals surface area contributed by atoms with Gasteiger partial charge in [0.15, 0.2) is 0 Å². The Hall–Kier alpha value is -1.39. The Labute approximate surface area is 127 Å². The lowest BCUT2D eigenvalue weighted by Gasteiger charge is -2.24. The molecular weight excluding hydrogens is 264 g/mol. The Morgan fingerprint density at radius 2 is 2.14 bits per heavy atom. The predicted molar refractivity (Wildman–Crippen MR) is 84.0 cm³/mol. The van der Waals surface area contributed by atoms with Crippen molar-refractivity contribution < 1.29 is 9.53 Å². The number of methoxy groups -OCH3 is 1. The fourth-order valence-electron chi connectivity index (χ4n) is 2.86. The highest BCUT2D eigenvalue weighted by atomic mass is 16.5. The molecule has 0 saturated carbocycles. The molecule has 21 heavy (non-hydrogen) atoms. The Morgan fingerprint density at radius 3 is 2.81 bits per heavy atom. The first-order valence-corrected chi connectivity index (χ1v) is 7.79. The summed E-state index contributed by atoms with van der Waals surface area (Å²) in [6.45, 7) is 5.67. The molecule has 0 spiro atoms. The monoisotopic (exact) mass is 290 g/mol. The molecule has 4 heteroatoms. The maximum Gasteiger partial charge on any atom is 0.241 e. The summed E-state index contributed by atoms with van der Waals surface area (Å²) < 4.78 is 5.08. The molecule has 2 rings (SSSR count). The van der Waals surface area contributed by atoms with Crippen LogP contribution in [0.2, 0.25) is 0 Å². The van der Waals surface area contributed by atoms with E-state index in [1.54, 1.807) is 7.11 Å². The van der Waals surface area contributed by atoms with E-state index in [-0.39, 0.29) is 18.1 Å². The van der Waals surface area contributed by atoms with Crippen molar-refractivity contribution >= 4 is 5.91 Å². The summed E-state index contributed by atoms with van der Waals surface area (Å²) in [5, 5.41) is 3.47. The zero-order valence-electron chi connectivity index (χ0n) is 13.3. The topological polar surface area (TPSA) is 41.6 Å². The van der Waals surface area contributed by atoms with E-state index >= 15 is 0 Å². The normalized spacial score (nSPS) is 22.0. The van der Waals surface area contributed by atoms with E-state index in [0.29, 0.717) is 0 Å². The number of unbranched alkanes of at least 4 members (excludes halogenated alkanes) is 1. The van der Waals surface area contributed by atoms with Crippen molar-refractivity contribution in [1.29, 1.82) is 0 Å². The summed E-state index contributed by atoms with van der Waals surface area (Å²) >= 11 is 0. The molecule has 1 aromatic rings. The lowest BCUT2D eigenvalue weighted by molar-refractivity contribution is -0.130. The molecule has 2 unspecified atom stereocenters. The second-order valence-electron chi connectivity index (χ2n) is 5.68. The molecule has 1 aliphatic rings. The Morgan fingerprint density at radius 1 is 1.33 bits per heavy atom. The van der Waals surface area contributed by atoms with Gasteiger partial charge in [-0.25, -0.2) is 0 Å². The van der Waals surface area contributed by atoms with Gasteiger partial charge in [0.25, 0.3) is 0 Å². The molecule has 1 aromatic carbocycles. The van der Waals surface area contributed by atoms with E-state index < -0.39 is 0 Å². The zero-order valence-corrected chi connectivity index (χ0v) is 13.3. The van der Waals surface area contributed by atoms with Crippen LogP contribution >= 0.6 is 0 Å². The van der Waals surface area contributed by atoms with Crippen molar-refractivity contribution in [3.8, 4) is 0 Å². The minimum absolute atomic E-state index is 0.00453. The SMILES string of the molecule is CCC1NC(c2cccc(C)c2)N(CCCCOC)C1=O. The largest absolute Gasteiger partial charge is 0.385 e. The van der Waals surface area contributed by atoms with Crippen molar-refractivity contribution in [3.05, 3.63) is 35.4 Å². The third-order valence-electron chi connectivity index (χ3n) is 4.02. The summed E-state index contributed by atoms with van der Waals surface area (Å²) in [4.78, 5) is 14.5. The standard InChI is InChI=1S/C17H26N2O2/c1-4-15-17(20)19(10-5-6-11-21-3)16(18-15)14-9-7-8-13(2)12-14/h7-9,12,15-16,18H,4-6,10-11H2,1-3H3. The van der Waals surface area contributed by atoms with E-state index in [2.05, 4.69) is 43.4 Å². The van der Waals surface area contributed by atoms with E-state index in [1.807, 2.05) is 4.90 Å². The molecule has 116 valence electrons. The number of benzene rings is 1. The van der Waals surface area contributed by atoms with Crippen LogP contribution in [0.25, 0.3) is 0 Å². The fourth-order valence-corrected chi connectivity index (χ4v) is 2.86. The van der Waals surface area contributed by atoms with Gasteiger partial charge in [-0.05, 0) is 31.7 Å². The molecule has 1 aliphatic heterocycles. The molecule has 1 amide bonds. The molecular formula is C17H26N2O2. The summed E-state index contributed by atoms with van der Waals surface area (Å²) in [7, 11) is 1.71. The van der Waals surface area contributed by atoms with Gasteiger partial charge in [0.05, 0.1) is 6.04 Å². The van der Waals surface area contributed by atoms with Crippen LogP contribution in [-0.2, 0) is 9.53 Å². The average Bonchev–Trinajstić information content (AvgIpc) is 2.80. The predicted octanol–water partition coefficient (Wildman–Crippen LogP) is 2.63. The number of aryl methyl sites for hydroxylation is 1. The number of carbonyl (C=O) groups is 1. The molecule has 1 heterocycles. The number of nitrogens with zero attached hydrogens (tertiary/aromatic N) is 1. The van der Waals surface area contributed by atoms with E-state index in [9.17, 15) is 4.79 Å². The third-order valence-corrected chi connectivity index (χ3v) is 4.02. The third kappa shape index (κ3) is 3.83. The highest BCUT2D eigenvalue weighted by molar-refractivity contribution is 5.84. The highest BCUT2D eigenvalue weighted by Crippen LogP contribution is 2.27. The quantitative estimate of drug-likeness (QED) is 0.785. The van der Waals surface area contributed by atoms with Gasteiger partial charge in [-0.15, -0.1) is 0 Å². The number of hydrogen-bond donors (Lipinski definition) is 1. The van der Waals surface area contributed by atoms with Crippen LogP contribution in [0.4, 0.5) is 0 Å². The second-order valence-corrected chi connectivity index (χ2v) is 5.68. The minimum atomic E-state index is -0.0575. The Balaban J connectivity index is 2.10. The average molecular weight is 290 g/mol. The lowest BCUT2D eigenvalue weighted by atomic mass is 10.1. The molecule has 1 saturated heterocycles. The summed E-state index contributed by atoms with van der Waals surface area (Å²) in [6, 6.07) is 8.33. The van der Waals surface area contributed by atoms with Crippen molar-refractivity contribution in [1.82, 2.24) is 10.2 Å². The minimum Gasteiger partial charge on any atom is -0.385 e.